The van der Waals surface area contributed by atoms with Gasteiger partial charge in [-0.15, -0.1) is 0 Å². The van der Waals surface area contributed by atoms with Crippen LogP contribution >= 0.6 is 0 Å². The number of aromatic nitrogens is 1. The lowest BCUT2D eigenvalue weighted by molar-refractivity contribution is 0.594. The third-order valence-electron chi connectivity index (χ3n) is 2.81. The SMILES string of the molecule is Cc1ccc(N(C)S(=O)(=O)c2ccc(=O)[nH]c2)cc1. The molecule has 1 aromatic carbocycles. The van der Waals surface area contributed by atoms with E-state index >= 15 is 0 Å². The van der Waals surface area contributed by atoms with Gasteiger partial charge in [0.25, 0.3) is 10.0 Å². The summed E-state index contributed by atoms with van der Waals surface area (Å²) in [7, 11) is -2.18. The van der Waals surface area contributed by atoms with Crippen LogP contribution in [0.25, 0.3) is 0 Å². The van der Waals surface area contributed by atoms with Crippen molar-refractivity contribution in [3.63, 3.8) is 0 Å². The highest BCUT2D eigenvalue weighted by atomic mass is 32.2. The number of hydrogen-bond acceptors (Lipinski definition) is 3. The third kappa shape index (κ3) is 2.68. The lowest BCUT2D eigenvalue weighted by atomic mass is 10.2. The molecule has 0 atom stereocenters. The molecule has 0 amide bonds. The van der Waals surface area contributed by atoms with Crippen molar-refractivity contribution in [2.75, 3.05) is 11.4 Å². The first kappa shape index (κ1) is 13.4. The van der Waals surface area contributed by atoms with Gasteiger partial charge in [0.1, 0.15) is 4.90 Å². The number of pyridine rings is 1. The van der Waals surface area contributed by atoms with Crippen LogP contribution in [0, 0.1) is 6.92 Å². The Morgan fingerprint density at radius 3 is 2.21 bits per heavy atom. The standard InChI is InChI=1S/C13H14N2O3S/c1-10-3-5-11(6-4-10)15(2)19(17,18)12-7-8-13(16)14-9-12/h3-9H,1-2H3,(H,14,16). The van der Waals surface area contributed by atoms with Gasteiger partial charge in [-0.3, -0.25) is 9.10 Å². The molecule has 1 heterocycles. The van der Waals surface area contributed by atoms with E-state index in [0.717, 1.165) is 5.56 Å². The van der Waals surface area contributed by atoms with E-state index in [1.165, 1.54) is 29.7 Å². The monoisotopic (exact) mass is 278 g/mol. The summed E-state index contributed by atoms with van der Waals surface area (Å²) in [5, 5.41) is 0. The first-order valence-corrected chi connectivity index (χ1v) is 7.09. The van der Waals surface area contributed by atoms with Gasteiger partial charge in [0.2, 0.25) is 5.56 Å². The summed E-state index contributed by atoms with van der Waals surface area (Å²) >= 11 is 0. The van der Waals surface area contributed by atoms with E-state index in [9.17, 15) is 13.2 Å². The van der Waals surface area contributed by atoms with E-state index in [4.69, 9.17) is 0 Å². The first-order valence-electron chi connectivity index (χ1n) is 5.65. The number of rotatable bonds is 3. The summed E-state index contributed by atoms with van der Waals surface area (Å²) < 4.78 is 25.8. The predicted molar refractivity (Wildman–Crippen MR) is 73.8 cm³/mol. The Kier molecular flexibility index (Phi) is 3.44. The highest BCUT2D eigenvalue weighted by molar-refractivity contribution is 7.92. The average molecular weight is 278 g/mol. The Bertz CT molecular complexity index is 713. The Balaban J connectivity index is 2.41. The van der Waals surface area contributed by atoms with Gasteiger partial charge >= 0.3 is 0 Å². The van der Waals surface area contributed by atoms with Crippen molar-refractivity contribution in [3.8, 4) is 0 Å². The maximum atomic E-state index is 12.3. The van der Waals surface area contributed by atoms with Gasteiger partial charge in [-0.2, -0.15) is 0 Å². The molecule has 19 heavy (non-hydrogen) atoms. The fraction of sp³-hybridized carbons (Fsp3) is 0.154. The van der Waals surface area contributed by atoms with Gasteiger partial charge in [0.15, 0.2) is 0 Å². The van der Waals surface area contributed by atoms with E-state index in [1.807, 2.05) is 19.1 Å². The van der Waals surface area contributed by atoms with Crippen LogP contribution < -0.4 is 9.86 Å². The maximum absolute atomic E-state index is 12.3. The molecule has 6 heteroatoms. The van der Waals surface area contributed by atoms with Crippen molar-refractivity contribution >= 4 is 15.7 Å². The second-order valence-corrected chi connectivity index (χ2v) is 6.17. The zero-order valence-corrected chi connectivity index (χ0v) is 11.4. The largest absolute Gasteiger partial charge is 0.328 e. The highest BCUT2D eigenvalue weighted by Gasteiger charge is 2.21. The van der Waals surface area contributed by atoms with E-state index in [2.05, 4.69) is 4.98 Å². The predicted octanol–water partition coefficient (Wildman–Crippen LogP) is 1.51. The number of sulfonamides is 1. The summed E-state index contributed by atoms with van der Waals surface area (Å²) in [6, 6.07) is 9.63. The Hall–Kier alpha value is -2.08. The topological polar surface area (TPSA) is 70.2 Å². The van der Waals surface area contributed by atoms with Crippen LogP contribution in [0.5, 0.6) is 0 Å². The molecule has 100 valence electrons. The van der Waals surface area contributed by atoms with Crippen molar-refractivity contribution in [2.24, 2.45) is 0 Å². The van der Waals surface area contributed by atoms with Crippen molar-refractivity contribution in [2.45, 2.75) is 11.8 Å². The summed E-state index contributed by atoms with van der Waals surface area (Å²) in [6.45, 7) is 1.93. The van der Waals surface area contributed by atoms with Crippen molar-refractivity contribution in [3.05, 3.63) is 58.5 Å². The molecule has 0 fully saturated rings. The van der Waals surface area contributed by atoms with Gasteiger partial charge in [-0.25, -0.2) is 8.42 Å². The molecule has 0 aliphatic rings. The molecule has 1 N–H and O–H groups in total. The molecule has 2 aromatic rings. The molecule has 0 radical (unpaired) electrons. The van der Waals surface area contributed by atoms with Crippen molar-refractivity contribution in [1.29, 1.82) is 0 Å². The summed E-state index contributed by atoms with van der Waals surface area (Å²) in [4.78, 5) is 13.4. The first-order chi connectivity index (χ1) is 8.91. The Labute approximate surface area is 111 Å². The number of hydrogen-bond donors (Lipinski definition) is 1. The zero-order chi connectivity index (χ0) is 14.0. The third-order valence-corrected chi connectivity index (χ3v) is 4.59. The molecule has 5 nitrogen and oxygen atoms in total. The number of aryl methyl sites for hydroxylation is 1. The minimum atomic E-state index is -3.66. The minimum absolute atomic E-state index is 0.0511. The second kappa shape index (κ2) is 4.89. The van der Waals surface area contributed by atoms with Crippen molar-refractivity contribution < 1.29 is 8.42 Å². The number of aromatic amines is 1. The van der Waals surface area contributed by atoms with E-state index in [0.29, 0.717) is 5.69 Å². The molecule has 0 bridgehead atoms. The van der Waals surface area contributed by atoms with E-state index < -0.39 is 10.0 Å². The number of anilines is 1. The Morgan fingerprint density at radius 2 is 1.68 bits per heavy atom. The van der Waals surface area contributed by atoms with Crippen LogP contribution in [0.15, 0.2) is 52.3 Å². The number of nitrogens with one attached hydrogen (secondary N) is 1. The van der Waals surface area contributed by atoms with Crippen LogP contribution in [0.4, 0.5) is 5.69 Å². The molecule has 0 aliphatic heterocycles. The summed E-state index contributed by atoms with van der Waals surface area (Å²) in [5.74, 6) is 0. The van der Waals surface area contributed by atoms with Crippen LogP contribution in [-0.2, 0) is 10.0 Å². The molecule has 2 rings (SSSR count). The zero-order valence-electron chi connectivity index (χ0n) is 10.6. The highest BCUT2D eigenvalue weighted by Crippen LogP contribution is 2.21. The van der Waals surface area contributed by atoms with E-state index in [-0.39, 0.29) is 10.5 Å². The quantitative estimate of drug-likeness (QED) is 0.925. The molecule has 1 aromatic heterocycles. The fourth-order valence-corrected chi connectivity index (χ4v) is 2.77. The second-order valence-electron chi connectivity index (χ2n) is 4.20. The number of benzene rings is 1. The lowest BCUT2D eigenvalue weighted by Gasteiger charge is -2.19. The number of nitrogens with zero attached hydrogens (tertiary/aromatic N) is 1. The van der Waals surface area contributed by atoms with Gasteiger partial charge in [-0.1, -0.05) is 17.7 Å². The fourth-order valence-electron chi connectivity index (χ4n) is 1.61. The Morgan fingerprint density at radius 1 is 1.05 bits per heavy atom. The summed E-state index contributed by atoms with van der Waals surface area (Å²) in [6.07, 6.45) is 1.20. The van der Waals surface area contributed by atoms with Gasteiger partial charge in [-0.05, 0) is 25.1 Å². The van der Waals surface area contributed by atoms with Crippen LogP contribution in [0.1, 0.15) is 5.56 Å². The maximum Gasteiger partial charge on any atom is 0.265 e. The van der Waals surface area contributed by atoms with Gasteiger partial charge in [0.05, 0.1) is 5.69 Å². The normalized spacial score (nSPS) is 11.3. The minimum Gasteiger partial charge on any atom is -0.328 e. The lowest BCUT2D eigenvalue weighted by Crippen LogP contribution is -2.27. The smallest absolute Gasteiger partial charge is 0.265 e. The van der Waals surface area contributed by atoms with Crippen LogP contribution in [0.3, 0.4) is 0 Å². The van der Waals surface area contributed by atoms with Crippen molar-refractivity contribution in [1.82, 2.24) is 4.98 Å². The molecule has 0 spiro atoms. The average Bonchev–Trinajstić information content (AvgIpc) is 2.39. The molecule has 0 aliphatic carbocycles. The van der Waals surface area contributed by atoms with Gasteiger partial charge in [0, 0.05) is 19.3 Å². The summed E-state index contributed by atoms with van der Waals surface area (Å²) in [5.41, 5.74) is 1.28. The van der Waals surface area contributed by atoms with Gasteiger partial charge < -0.3 is 4.98 Å². The molecule has 0 saturated heterocycles. The molecular formula is C13H14N2O3S. The number of H-pyrrole nitrogens is 1. The molecule has 0 saturated carbocycles. The van der Waals surface area contributed by atoms with E-state index in [1.54, 1.807) is 12.1 Å². The van der Waals surface area contributed by atoms with Crippen LogP contribution in [0.2, 0.25) is 0 Å². The van der Waals surface area contributed by atoms with Crippen LogP contribution in [-0.4, -0.2) is 20.4 Å². The molecule has 0 unspecified atom stereocenters. The molecular weight excluding hydrogens is 264 g/mol.